The van der Waals surface area contributed by atoms with Crippen molar-refractivity contribution in [2.75, 3.05) is 19.6 Å². The van der Waals surface area contributed by atoms with Crippen LogP contribution in [-0.2, 0) is 16.1 Å². The third kappa shape index (κ3) is 5.94. The van der Waals surface area contributed by atoms with E-state index >= 15 is 0 Å². The minimum absolute atomic E-state index is 0.0509. The second-order valence-electron chi connectivity index (χ2n) is 11.2. The molecule has 1 spiro atoms. The average molecular weight is 536 g/mol. The van der Waals surface area contributed by atoms with Crippen LogP contribution >= 0.6 is 0 Å². The summed E-state index contributed by atoms with van der Waals surface area (Å²) in [5, 5.41) is 22.4. The molecule has 2 saturated heterocycles. The summed E-state index contributed by atoms with van der Waals surface area (Å²) in [5.74, 6) is 0.121. The van der Waals surface area contributed by atoms with Gasteiger partial charge in [0.15, 0.2) is 0 Å². The van der Waals surface area contributed by atoms with Gasteiger partial charge in [-0.05, 0) is 74.1 Å². The molecule has 2 aromatic rings. The van der Waals surface area contributed by atoms with Gasteiger partial charge in [-0.3, -0.25) is 14.5 Å². The van der Waals surface area contributed by atoms with Crippen LogP contribution in [0.4, 0.5) is 0 Å². The van der Waals surface area contributed by atoms with E-state index in [0.29, 0.717) is 63.2 Å². The molecule has 0 aromatic heterocycles. The number of nitrogens with one attached hydrogen (secondary N) is 1. The van der Waals surface area contributed by atoms with Crippen LogP contribution in [0, 0.1) is 0 Å². The number of piperazine rings is 1. The number of rotatable bonds is 10. The lowest BCUT2D eigenvalue weighted by atomic mass is 9.81. The fourth-order valence-electron chi connectivity index (χ4n) is 5.68. The van der Waals surface area contributed by atoms with Crippen molar-refractivity contribution < 1.29 is 29.3 Å². The van der Waals surface area contributed by atoms with E-state index in [2.05, 4.69) is 17.1 Å². The molecule has 0 unspecified atom stereocenters. The average Bonchev–Trinajstić information content (AvgIpc) is 3.66. The van der Waals surface area contributed by atoms with Gasteiger partial charge in [0.1, 0.15) is 23.1 Å². The molecule has 9 heteroatoms. The molecule has 1 saturated carbocycles. The van der Waals surface area contributed by atoms with E-state index < -0.39 is 23.2 Å². The Hall–Kier alpha value is -3.43. The van der Waals surface area contributed by atoms with Crippen LogP contribution in [0.5, 0.6) is 11.5 Å². The van der Waals surface area contributed by atoms with E-state index in [4.69, 9.17) is 9.84 Å². The number of carbonyl (C=O) groups excluding carboxylic acids is 2. The van der Waals surface area contributed by atoms with E-state index in [9.17, 15) is 19.5 Å². The van der Waals surface area contributed by atoms with Gasteiger partial charge in [-0.25, -0.2) is 4.79 Å². The Labute approximate surface area is 228 Å². The fraction of sp³-hybridized carbons (Fsp3) is 0.500. The minimum atomic E-state index is -0.976. The van der Waals surface area contributed by atoms with E-state index in [0.717, 1.165) is 24.9 Å². The van der Waals surface area contributed by atoms with Gasteiger partial charge in [0.2, 0.25) is 11.8 Å². The Bertz CT molecular complexity index is 1200. The lowest BCUT2D eigenvalue weighted by Gasteiger charge is -2.52. The van der Waals surface area contributed by atoms with Gasteiger partial charge in [0.25, 0.3) is 0 Å². The number of aliphatic hydroxyl groups is 1. The maximum atomic E-state index is 13.5. The summed E-state index contributed by atoms with van der Waals surface area (Å²) in [6, 6.07) is 13.4. The number of carboxylic acids is 1. The van der Waals surface area contributed by atoms with E-state index in [1.165, 1.54) is 12.1 Å². The molecule has 9 nitrogen and oxygen atoms in total. The lowest BCUT2D eigenvalue weighted by molar-refractivity contribution is -0.162. The highest BCUT2D eigenvalue weighted by atomic mass is 16.5. The van der Waals surface area contributed by atoms with Crippen LogP contribution < -0.4 is 10.1 Å². The number of nitrogens with zero attached hydrogens (tertiary/aromatic N) is 2. The predicted octanol–water partition coefficient (Wildman–Crippen LogP) is 3.55. The second kappa shape index (κ2) is 11.0. The molecule has 208 valence electrons. The third-order valence-electron chi connectivity index (χ3n) is 8.31. The summed E-state index contributed by atoms with van der Waals surface area (Å²) in [5.41, 5.74) is -0.298. The number of unbranched alkanes of at least 4 members (excludes halogenated alkanes) is 1. The smallest absolute Gasteiger partial charge is 0.335 e. The summed E-state index contributed by atoms with van der Waals surface area (Å²) in [7, 11) is 0. The Morgan fingerprint density at radius 3 is 2.18 bits per heavy atom. The van der Waals surface area contributed by atoms with Crippen LogP contribution in [-0.4, -0.2) is 74.6 Å². The summed E-state index contributed by atoms with van der Waals surface area (Å²) in [6.45, 7) is 4.78. The summed E-state index contributed by atoms with van der Waals surface area (Å²) in [6.07, 6.45) is 4.63. The summed E-state index contributed by atoms with van der Waals surface area (Å²) >= 11 is 0. The summed E-state index contributed by atoms with van der Waals surface area (Å²) < 4.78 is 5.84. The fourth-order valence-corrected chi connectivity index (χ4v) is 5.68. The van der Waals surface area contributed by atoms with Gasteiger partial charge >= 0.3 is 5.97 Å². The largest absolute Gasteiger partial charge is 0.478 e. The number of benzene rings is 2. The van der Waals surface area contributed by atoms with Gasteiger partial charge in [-0.2, -0.15) is 0 Å². The van der Waals surface area contributed by atoms with Crippen LogP contribution in [0.3, 0.4) is 0 Å². The van der Waals surface area contributed by atoms with Gasteiger partial charge in [0.05, 0.1) is 11.2 Å². The first-order chi connectivity index (χ1) is 18.7. The molecule has 3 aliphatic rings. The Kier molecular flexibility index (Phi) is 7.64. The van der Waals surface area contributed by atoms with Crippen molar-refractivity contribution in [2.24, 2.45) is 0 Å². The first kappa shape index (κ1) is 27.1. The zero-order valence-electron chi connectivity index (χ0n) is 22.4. The highest BCUT2D eigenvalue weighted by molar-refractivity contribution is 6.00. The number of ether oxygens (including phenoxy) is 1. The van der Waals surface area contributed by atoms with Crippen molar-refractivity contribution in [2.45, 2.75) is 75.6 Å². The molecule has 2 aromatic carbocycles. The predicted molar refractivity (Wildman–Crippen MR) is 145 cm³/mol. The molecule has 2 amide bonds. The number of likely N-dealkylation sites (tertiary alicyclic amines) is 1. The van der Waals surface area contributed by atoms with Crippen molar-refractivity contribution >= 4 is 17.8 Å². The maximum absolute atomic E-state index is 13.5. The molecule has 0 bridgehead atoms. The molecule has 39 heavy (non-hydrogen) atoms. The first-order valence-electron chi connectivity index (χ1n) is 13.9. The molecule has 1 aliphatic carbocycles. The van der Waals surface area contributed by atoms with Crippen molar-refractivity contribution in [1.29, 1.82) is 0 Å². The third-order valence-corrected chi connectivity index (χ3v) is 8.31. The molecule has 3 fully saturated rings. The van der Waals surface area contributed by atoms with Gasteiger partial charge in [-0.15, -0.1) is 0 Å². The van der Waals surface area contributed by atoms with Crippen molar-refractivity contribution in [3.05, 3.63) is 59.7 Å². The second-order valence-corrected chi connectivity index (χ2v) is 11.2. The number of piperidine rings is 1. The number of carboxylic acid groups (broad SMARTS) is 1. The zero-order chi connectivity index (χ0) is 27.6. The molecule has 5 rings (SSSR count). The number of amides is 2. The van der Waals surface area contributed by atoms with E-state index in [1.54, 1.807) is 12.1 Å². The normalized spacial score (nSPS) is 22.0. The molecule has 3 N–H and O–H groups in total. The standard InChI is InChI=1S/C30H37N3O6/c1-2-3-16-33-26(34)25(19-29(38)12-13-29)31-28(37)30(33)14-17-32(18-15-30)20-21-4-8-23(9-5-21)39-24-10-6-22(7-11-24)27(35)36/h4-11,25,38H,2-3,12-20H2,1H3,(H,31,37)(H,35,36)/t25-/m1/s1. The molecule has 2 heterocycles. The quantitative estimate of drug-likeness (QED) is 0.426. The minimum Gasteiger partial charge on any atom is -0.478 e. The highest BCUT2D eigenvalue weighted by Crippen LogP contribution is 2.42. The van der Waals surface area contributed by atoms with Crippen LogP contribution in [0.25, 0.3) is 0 Å². The lowest BCUT2D eigenvalue weighted by Crippen LogP contribution is -2.73. The number of carbonyl (C=O) groups is 3. The monoisotopic (exact) mass is 535 g/mol. The topological polar surface area (TPSA) is 119 Å². The number of hydrogen-bond acceptors (Lipinski definition) is 6. The number of hydrogen-bond donors (Lipinski definition) is 3. The van der Waals surface area contributed by atoms with Crippen molar-refractivity contribution in [3.8, 4) is 11.5 Å². The van der Waals surface area contributed by atoms with Crippen molar-refractivity contribution in [3.63, 3.8) is 0 Å². The molecular weight excluding hydrogens is 498 g/mol. The Balaban J connectivity index is 1.19. The maximum Gasteiger partial charge on any atom is 0.335 e. The molecule has 2 aliphatic heterocycles. The van der Waals surface area contributed by atoms with Gasteiger partial charge < -0.3 is 25.2 Å². The van der Waals surface area contributed by atoms with Crippen LogP contribution in [0.1, 0.15) is 67.8 Å². The molecular formula is C30H37N3O6. The first-order valence-corrected chi connectivity index (χ1v) is 13.9. The SMILES string of the molecule is CCCCN1C(=O)[C@@H](CC2(O)CC2)NC(=O)C12CCN(Cc1ccc(Oc3ccc(C(=O)O)cc3)cc1)CC2. The van der Waals surface area contributed by atoms with Gasteiger partial charge in [-0.1, -0.05) is 25.5 Å². The zero-order valence-corrected chi connectivity index (χ0v) is 22.4. The van der Waals surface area contributed by atoms with E-state index in [-0.39, 0.29) is 17.4 Å². The highest BCUT2D eigenvalue weighted by Gasteiger charge is 2.55. The van der Waals surface area contributed by atoms with Crippen molar-refractivity contribution in [1.82, 2.24) is 15.1 Å². The van der Waals surface area contributed by atoms with Crippen LogP contribution in [0.15, 0.2) is 48.5 Å². The summed E-state index contributed by atoms with van der Waals surface area (Å²) in [4.78, 5) is 42.1. The Morgan fingerprint density at radius 2 is 1.62 bits per heavy atom. The number of aromatic carboxylic acids is 1. The van der Waals surface area contributed by atoms with Gasteiger partial charge in [0, 0.05) is 32.6 Å². The van der Waals surface area contributed by atoms with Crippen LogP contribution in [0.2, 0.25) is 0 Å². The molecule has 1 atom stereocenters. The van der Waals surface area contributed by atoms with E-state index in [1.807, 2.05) is 29.2 Å². The Morgan fingerprint density at radius 1 is 1.00 bits per heavy atom. The molecule has 0 radical (unpaired) electrons.